The molecule has 3 heterocycles. The summed E-state index contributed by atoms with van der Waals surface area (Å²) in [5.41, 5.74) is 0.346. The molecule has 11 heteroatoms. The average Bonchev–Trinajstić information content (AvgIpc) is 3.66. The molecule has 8 unspecified atom stereocenters. The van der Waals surface area contributed by atoms with E-state index in [0.717, 1.165) is 94.8 Å². The number of carbonyl (C=O) groups excluding carboxylic acids is 3. The minimum Gasteiger partial charge on any atom is -0.504 e. The molecule has 4 fully saturated rings. The summed E-state index contributed by atoms with van der Waals surface area (Å²) < 4.78 is 19.5. The molecule has 2 saturated carbocycles. The number of aromatic hydroxyl groups is 1. The van der Waals surface area contributed by atoms with Crippen molar-refractivity contribution in [3.63, 3.8) is 0 Å². The molecular formula is C43H64N2O9. The van der Waals surface area contributed by atoms with Crippen LogP contribution < -0.4 is 15.4 Å². The summed E-state index contributed by atoms with van der Waals surface area (Å²) in [6.45, 7) is 5.23. The predicted octanol–water partition coefficient (Wildman–Crippen LogP) is 5.91. The zero-order valence-corrected chi connectivity index (χ0v) is 32.5. The number of hydrogen-bond donors (Lipinski definition) is 5. The highest BCUT2D eigenvalue weighted by molar-refractivity contribution is 5.90. The normalized spacial score (nSPS) is 31.4. The van der Waals surface area contributed by atoms with Crippen LogP contribution >= 0.6 is 0 Å². The standard InChI is InChI=1S/C43H64N2O9/c1-27(47)8-7-10-30(53-28(2)48)24-36(54-40(51)43-19-4-3-9-29(43)11-16-37(50)45-43)42(20-22-44-23-21-42)33-14-12-32-34(41(26-46)17-5-6-18-41)25-52-39-35(49)15-13-31(33)38(32)39/h13,15,27,29-30,32-34,36,44,46-47,49H,3-12,14,16-26H2,1-2H3,(H,45,50). The van der Waals surface area contributed by atoms with Crippen molar-refractivity contribution in [1.29, 1.82) is 0 Å². The molecule has 7 rings (SSSR count). The number of fused-ring (bicyclic) bond motifs is 1. The third-order valence-corrected chi connectivity index (χ3v) is 14.9. The van der Waals surface area contributed by atoms with Gasteiger partial charge in [0.15, 0.2) is 11.5 Å². The Kier molecular flexibility index (Phi) is 11.9. The second-order valence-electron chi connectivity index (χ2n) is 17.9. The smallest absolute Gasteiger partial charge is 0.332 e. The lowest BCUT2D eigenvalue weighted by atomic mass is 9.54. The molecule has 0 radical (unpaired) electrons. The maximum Gasteiger partial charge on any atom is 0.332 e. The van der Waals surface area contributed by atoms with Crippen molar-refractivity contribution >= 4 is 17.8 Å². The third kappa shape index (κ3) is 7.38. The first-order valence-electron chi connectivity index (χ1n) is 21.2. The van der Waals surface area contributed by atoms with Gasteiger partial charge in [0.2, 0.25) is 5.91 Å². The number of piperidine rings is 2. The highest BCUT2D eigenvalue weighted by Gasteiger charge is 2.58. The number of ether oxygens (including phenoxy) is 3. The van der Waals surface area contributed by atoms with Gasteiger partial charge in [0.25, 0.3) is 0 Å². The number of nitrogens with one attached hydrogen (secondary N) is 2. The molecule has 300 valence electrons. The molecule has 6 aliphatic rings. The zero-order valence-electron chi connectivity index (χ0n) is 32.5. The lowest BCUT2D eigenvalue weighted by Gasteiger charge is -2.54. The highest BCUT2D eigenvalue weighted by atomic mass is 16.6. The summed E-state index contributed by atoms with van der Waals surface area (Å²) in [4.78, 5) is 40.5. The molecular weight excluding hydrogens is 688 g/mol. The topological polar surface area (TPSA) is 164 Å². The first-order valence-corrected chi connectivity index (χ1v) is 21.2. The van der Waals surface area contributed by atoms with Crippen LogP contribution in [-0.2, 0) is 23.9 Å². The van der Waals surface area contributed by atoms with Crippen molar-refractivity contribution in [2.24, 2.45) is 22.7 Å². The van der Waals surface area contributed by atoms with Crippen LogP contribution in [0, 0.1) is 22.7 Å². The van der Waals surface area contributed by atoms with E-state index in [2.05, 4.69) is 16.7 Å². The lowest BCUT2D eigenvalue weighted by molar-refractivity contribution is -0.180. The van der Waals surface area contributed by atoms with Crippen LogP contribution in [0.3, 0.4) is 0 Å². The Morgan fingerprint density at radius 3 is 2.46 bits per heavy atom. The number of aliphatic hydroxyl groups is 2. The van der Waals surface area contributed by atoms with Gasteiger partial charge in [0.1, 0.15) is 17.7 Å². The summed E-state index contributed by atoms with van der Waals surface area (Å²) in [7, 11) is 0. The van der Waals surface area contributed by atoms with E-state index in [1.807, 2.05) is 0 Å². The van der Waals surface area contributed by atoms with Crippen molar-refractivity contribution in [3.05, 3.63) is 23.3 Å². The van der Waals surface area contributed by atoms with Gasteiger partial charge in [-0.15, -0.1) is 0 Å². The Morgan fingerprint density at radius 2 is 1.74 bits per heavy atom. The van der Waals surface area contributed by atoms with E-state index in [1.54, 1.807) is 13.0 Å². The van der Waals surface area contributed by atoms with Gasteiger partial charge in [-0.3, -0.25) is 9.59 Å². The van der Waals surface area contributed by atoms with Gasteiger partial charge in [-0.2, -0.15) is 0 Å². The van der Waals surface area contributed by atoms with Crippen molar-refractivity contribution in [1.82, 2.24) is 10.6 Å². The number of carbonyl (C=O) groups is 3. The maximum atomic E-state index is 14.9. The number of benzene rings is 1. The van der Waals surface area contributed by atoms with Gasteiger partial charge < -0.3 is 40.2 Å². The number of rotatable bonds is 13. The minimum absolute atomic E-state index is 0.0134. The van der Waals surface area contributed by atoms with Gasteiger partial charge in [0, 0.05) is 48.7 Å². The number of hydrogen-bond acceptors (Lipinski definition) is 10. The summed E-state index contributed by atoms with van der Waals surface area (Å²) in [5, 5.41) is 38.8. The van der Waals surface area contributed by atoms with Gasteiger partial charge in [-0.05, 0) is 126 Å². The molecule has 2 saturated heterocycles. The van der Waals surface area contributed by atoms with Crippen molar-refractivity contribution in [2.45, 2.75) is 165 Å². The van der Waals surface area contributed by atoms with Gasteiger partial charge in [-0.25, -0.2) is 4.79 Å². The molecule has 1 aromatic rings. The number of amides is 1. The molecule has 3 aliphatic carbocycles. The minimum atomic E-state index is -1.07. The van der Waals surface area contributed by atoms with E-state index >= 15 is 0 Å². The van der Waals surface area contributed by atoms with Crippen LogP contribution in [0.25, 0.3) is 0 Å². The van der Waals surface area contributed by atoms with E-state index in [-0.39, 0.29) is 53.3 Å². The quantitative estimate of drug-likeness (QED) is 0.153. The number of aliphatic hydroxyl groups excluding tert-OH is 2. The third-order valence-electron chi connectivity index (χ3n) is 14.9. The first-order chi connectivity index (χ1) is 26.0. The first kappa shape index (κ1) is 39.3. The molecule has 3 aliphatic heterocycles. The van der Waals surface area contributed by atoms with Crippen LogP contribution in [0.15, 0.2) is 12.1 Å². The summed E-state index contributed by atoms with van der Waals surface area (Å²) in [5.74, 6) is 0.0368. The number of esters is 2. The summed E-state index contributed by atoms with van der Waals surface area (Å²) >= 11 is 0. The van der Waals surface area contributed by atoms with Crippen molar-refractivity contribution < 1.29 is 43.9 Å². The molecule has 8 atom stereocenters. The molecule has 5 N–H and O–H groups in total. The Bertz CT molecular complexity index is 1520. The highest BCUT2D eigenvalue weighted by Crippen LogP contribution is 2.63. The van der Waals surface area contributed by atoms with E-state index in [4.69, 9.17) is 14.2 Å². The molecule has 1 amide bonds. The molecule has 0 spiro atoms. The fraction of sp³-hybridized carbons (Fsp3) is 0.791. The van der Waals surface area contributed by atoms with Gasteiger partial charge >= 0.3 is 11.9 Å². The van der Waals surface area contributed by atoms with Gasteiger partial charge in [0.05, 0.1) is 12.7 Å². The second-order valence-corrected chi connectivity index (χ2v) is 17.9. The SMILES string of the molecule is CC(=O)OC(CCCC(C)O)CC(OC(=O)C12CCCCC1CCC(=O)N2)C1(C2CCC3c4c2ccc(O)c4OCC3C2(CO)CCCC2)CCNCC1. The number of phenolic OH excluding ortho intramolecular Hbond substituents is 1. The average molecular weight is 753 g/mol. The molecule has 1 aromatic carbocycles. The molecule has 11 nitrogen and oxygen atoms in total. The zero-order chi connectivity index (χ0) is 38.1. The predicted molar refractivity (Wildman–Crippen MR) is 202 cm³/mol. The molecule has 0 aromatic heterocycles. The Hall–Kier alpha value is -2.89. The van der Waals surface area contributed by atoms with Crippen LogP contribution in [0.2, 0.25) is 0 Å². The number of phenols is 1. The summed E-state index contributed by atoms with van der Waals surface area (Å²) in [6, 6.07) is 3.81. The van der Waals surface area contributed by atoms with Crippen LogP contribution in [0.1, 0.15) is 152 Å². The van der Waals surface area contributed by atoms with Crippen molar-refractivity contribution in [3.8, 4) is 11.5 Å². The molecule has 0 bridgehead atoms. The van der Waals surface area contributed by atoms with Crippen LogP contribution in [-0.4, -0.2) is 83.3 Å². The summed E-state index contributed by atoms with van der Waals surface area (Å²) in [6.07, 6.45) is 12.0. The van der Waals surface area contributed by atoms with Crippen LogP contribution in [0.4, 0.5) is 0 Å². The fourth-order valence-corrected chi connectivity index (χ4v) is 12.2. The Balaban J connectivity index is 1.30. The maximum absolute atomic E-state index is 14.9. The van der Waals surface area contributed by atoms with Crippen LogP contribution in [0.5, 0.6) is 11.5 Å². The molecule has 54 heavy (non-hydrogen) atoms. The van der Waals surface area contributed by atoms with E-state index in [0.29, 0.717) is 57.3 Å². The van der Waals surface area contributed by atoms with E-state index in [9.17, 15) is 29.7 Å². The largest absolute Gasteiger partial charge is 0.504 e. The second kappa shape index (κ2) is 16.3. The monoisotopic (exact) mass is 752 g/mol. The van der Waals surface area contributed by atoms with Gasteiger partial charge in [-0.1, -0.05) is 31.7 Å². The Morgan fingerprint density at radius 1 is 0.981 bits per heavy atom. The fourth-order valence-electron chi connectivity index (χ4n) is 12.2. The Labute approximate surface area is 320 Å². The lowest BCUT2D eigenvalue weighted by Crippen LogP contribution is -2.65. The van der Waals surface area contributed by atoms with E-state index in [1.165, 1.54) is 6.92 Å². The van der Waals surface area contributed by atoms with E-state index < -0.39 is 35.2 Å². The van der Waals surface area contributed by atoms with Crippen molar-refractivity contribution in [2.75, 3.05) is 26.3 Å².